The summed E-state index contributed by atoms with van der Waals surface area (Å²) in [6.45, 7) is 5.40. The van der Waals surface area contributed by atoms with Crippen molar-refractivity contribution in [3.05, 3.63) is 53.1 Å². The predicted molar refractivity (Wildman–Crippen MR) is 115 cm³/mol. The van der Waals surface area contributed by atoms with E-state index in [0.717, 1.165) is 11.1 Å². The summed E-state index contributed by atoms with van der Waals surface area (Å²) in [5.41, 5.74) is 3.36. The number of benzene rings is 2. The fourth-order valence-electron chi connectivity index (χ4n) is 2.82. The molecule has 160 valence electrons. The van der Waals surface area contributed by atoms with Crippen LogP contribution in [0.5, 0.6) is 17.2 Å². The summed E-state index contributed by atoms with van der Waals surface area (Å²) >= 11 is 0. The largest absolute Gasteiger partial charge is 0.493 e. The Bertz CT molecular complexity index is 926. The van der Waals surface area contributed by atoms with E-state index in [1.807, 2.05) is 32.0 Å². The van der Waals surface area contributed by atoms with Gasteiger partial charge in [0.1, 0.15) is 0 Å². The SMILES string of the molecule is COc1cc(/C=C/C(=O)OC(C)C(=O)Nc2ccc(C)cc2C)cc(OC)c1OC. The zero-order valence-electron chi connectivity index (χ0n) is 18.1. The maximum Gasteiger partial charge on any atom is 0.331 e. The Labute approximate surface area is 176 Å². The first-order valence-electron chi connectivity index (χ1n) is 9.35. The molecule has 7 heteroatoms. The van der Waals surface area contributed by atoms with Gasteiger partial charge in [-0.3, -0.25) is 4.79 Å². The first-order valence-corrected chi connectivity index (χ1v) is 9.35. The van der Waals surface area contributed by atoms with Gasteiger partial charge in [0.2, 0.25) is 5.75 Å². The highest BCUT2D eigenvalue weighted by atomic mass is 16.5. The van der Waals surface area contributed by atoms with E-state index in [2.05, 4.69) is 5.32 Å². The smallest absolute Gasteiger partial charge is 0.331 e. The number of amides is 1. The minimum atomic E-state index is -0.956. The van der Waals surface area contributed by atoms with Crippen LogP contribution in [0.15, 0.2) is 36.4 Å². The fraction of sp³-hybridized carbons (Fsp3) is 0.304. The van der Waals surface area contributed by atoms with Crippen LogP contribution < -0.4 is 19.5 Å². The van der Waals surface area contributed by atoms with E-state index >= 15 is 0 Å². The van der Waals surface area contributed by atoms with Crippen LogP contribution in [0, 0.1) is 13.8 Å². The van der Waals surface area contributed by atoms with Gasteiger partial charge in [0.15, 0.2) is 17.6 Å². The standard InChI is InChI=1S/C23H27NO6/c1-14-7-9-18(15(2)11-14)24-23(26)16(3)30-21(25)10-8-17-12-19(27-4)22(29-6)20(13-17)28-5/h7-13,16H,1-6H3,(H,24,26)/b10-8+. The molecular weight excluding hydrogens is 386 g/mol. The number of carbonyl (C=O) groups excluding carboxylic acids is 2. The van der Waals surface area contributed by atoms with Gasteiger partial charge in [0.25, 0.3) is 5.91 Å². The summed E-state index contributed by atoms with van der Waals surface area (Å²) in [6.07, 6.45) is 1.83. The first-order chi connectivity index (χ1) is 14.3. The maximum atomic E-state index is 12.3. The van der Waals surface area contributed by atoms with Crippen molar-refractivity contribution >= 4 is 23.6 Å². The van der Waals surface area contributed by atoms with Gasteiger partial charge in [-0.05, 0) is 56.2 Å². The van der Waals surface area contributed by atoms with Gasteiger partial charge in [-0.2, -0.15) is 0 Å². The molecule has 0 saturated carbocycles. The number of hydrogen-bond donors (Lipinski definition) is 1. The van der Waals surface area contributed by atoms with Gasteiger partial charge in [0, 0.05) is 11.8 Å². The lowest BCUT2D eigenvalue weighted by molar-refractivity contribution is -0.148. The van der Waals surface area contributed by atoms with E-state index in [9.17, 15) is 9.59 Å². The number of hydrogen-bond acceptors (Lipinski definition) is 6. The van der Waals surface area contributed by atoms with Gasteiger partial charge in [0.05, 0.1) is 21.3 Å². The molecule has 1 N–H and O–H groups in total. The molecule has 0 saturated heterocycles. The number of methoxy groups -OCH3 is 3. The van der Waals surface area contributed by atoms with E-state index in [-0.39, 0.29) is 0 Å². The Morgan fingerprint density at radius 2 is 1.60 bits per heavy atom. The van der Waals surface area contributed by atoms with Gasteiger partial charge < -0.3 is 24.3 Å². The Kier molecular flexibility index (Phi) is 7.86. The van der Waals surface area contributed by atoms with Crippen LogP contribution in [-0.4, -0.2) is 39.3 Å². The summed E-state index contributed by atoms with van der Waals surface area (Å²) in [6, 6.07) is 9.08. The van der Waals surface area contributed by atoms with Gasteiger partial charge >= 0.3 is 5.97 Å². The van der Waals surface area contributed by atoms with Gasteiger partial charge in [-0.15, -0.1) is 0 Å². The molecule has 0 aliphatic carbocycles. The van der Waals surface area contributed by atoms with E-state index in [4.69, 9.17) is 18.9 Å². The molecule has 7 nitrogen and oxygen atoms in total. The second-order valence-corrected chi connectivity index (χ2v) is 6.68. The molecule has 30 heavy (non-hydrogen) atoms. The molecule has 1 amide bonds. The van der Waals surface area contributed by atoms with Crippen molar-refractivity contribution in [2.75, 3.05) is 26.6 Å². The molecule has 0 aliphatic rings. The lowest BCUT2D eigenvalue weighted by atomic mass is 10.1. The Morgan fingerprint density at radius 1 is 0.967 bits per heavy atom. The zero-order chi connectivity index (χ0) is 22.3. The fourth-order valence-corrected chi connectivity index (χ4v) is 2.82. The number of anilines is 1. The van der Waals surface area contributed by atoms with Crippen molar-refractivity contribution in [3.8, 4) is 17.2 Å². The van der Waals surface area contributed by atoms with Crippen molar-refractivity contribution in [2.24, 2.45) is 0 Å². The molecule has 0 heterocycles. The maximum absolute atomic E-state index is 12.3. The minimum absolute atomic E-state index is 0.406. The molecule has 1 unspecified atom stereocenters. The second kappa shape index (κ2) is 10.3. The molecule has 0 aliphatic heterocycles. The van der Waals surface area contributed by atoms with Gasteiger partial charge in [-0.1, -0.05) is 17.7 Å². The summed E-state index contributed by atoms with van der Waals surface area (Å²) in [7, 11) is 4.53. The van der Waals surface area contributed by atoms with Crippen molar-refractivity contribution < 1.29 is 28.5 Å². The Morgan fingerprint density at radius 3 is 2.13 bits per heavy atom. The molecule has 0 aromatic heterocycles. The summed E-state index contributed by atoms with van der Waals surface area (Å²) < 4.78 is 21.0. The second-order valence-electron chi connectivity index (χ2n) is 6.68. The molecular formula is C23H27NO6. The van der Waals surface area contributed by atoms with Crippen LogP contribution in [0.1, 0.15) is 23.6 Å². The van der Waals surface area contributed by atoms with Crippen LogP contribution >= 0.6 is 0 Å². The third kappa shape index (κ3) is 5.76. The number of esters is 1. The van der Waals surface area contributed by atoms with E-state index in [1.165, 1.54) is 34.3 Å². The first kappa shape index (κ1) is 22.8. The van der Waals surface area contributed by atoms with Crippen molar-refractivity contribution in [1.29, 1.82) is 0 Å². The van der Waals surface area contributed by atoms with E-state index in [0.29, 0.717) is 28.5 Å². The van der Waals surface area contributed by atoms with Crippen LogP contribution in [0.25, 0.3) is 6.08 Å². The Balaban J connectivity index is 2.03. The highest BCUT2D eigenvalue weighted by molar-refractivity contribution is 5.97. The highest BCUT2D eigenvalue weighted by Crippen LogP contribution is 2.38. The average molecular weight is 413 g/mol. The molecule has 0 spiro atoms. The molecule has 0 fully saturated rings. The number of carbonyl (C=O) groups is 2. The Hall–Kier alpha value is -3.48. The van der Waals surface area contributed by atoms with Crippen LogP contribution in [-0.2, 0) is 14.3 Å². The normalized spacial score (nSPS) is 11.7. The summed E-state index contributed by atoms with van der Waals surface area (Å²) in [5, 5.41) is 2.77. The molecule has 0 radical (unpaired) electrons. The number of aryl methyl sites for hydroxylation is 2. The quantitative estimate of drug-likeness (QED) is 0.522. The van der Waals surface area contributed by atoms with Crippen molar-refractivity contribution in [3.63, 3.8) is 0 Å². The molecule has 1 atom stereocenters. The average Bonchev–Trinajstić information content (AvgIpc) is 2.73. The monoisotopic (exact) mass is 413 g/mol. The lowest BCUT2D eigenvalue weighted by Crippen LogP contribution is -2.29. The summed E-state index contributed by atoms with van der Waals surface area (Å²) in [4.78, 5) is 24.5. The van der Waals surface area contributed by atoms with Crippen molar-refractivity contribution in [1.82, 2.24) is 0 Å². The number of ether oxygens (including phenoxy) is 4. The van der Waals surface area contributed by atoms with Crippen LogP contribution in [0.2, 0.25) is 0 Å². The third-order valence-corrected chi connectivity index (χ3v) is 4.40. The third-order valence-electron chi connectivity index (χ3n) is 4.40. The van der Waals surface area contributed by atoms with E-state index < -0.39 is 18.0 Å². The zero-order valence-corrected chi connectivity index (χ0v) is 18.1. The van der Waals surface area contributed by atoms with Crippen molar-refractivity contribution in [2.45, 2.75) is 26.9 Å². The molecule has 2 rings (SSSR count). The van der Waals surface area contributed by atoms with Crippen LogP contribution in [0.3, 0.4) is 0 Å². The predicted octanol–water partition coefficient (Wildman–Crippen LogP) is 3.91. The highest BCUT2D eigenvalue weighted by Gasteiger charge is 2.18. The van der Waals surface area contributed by atoms with E-state index in [1.54, 1.807) is 18.2 Å². The lowest BCUT2D eigenvalue weighted by Gasteiger charge is -2.14. The van der Waals surface area contributed by atoms with Gasteiger partial charge in [-0.25, -0.2) is 4.79 Å². The number of rotatable bonds is 8. The molecule has 2 aromatic rings. The topological polar surface area (TPSA) is 83.1 Å². The molecule has 0 bridgehead atoms. The minimum Gasteiger partial charge on any atom is -0.493 e. The molecule has 2 aromatic carbocycles. The number of nitrogens with one attached hydrogen (secondary N) is 1. The summed E-state index contributed by atoms with van der Waals surface area (Å²) in [5.74, 6) is 0.331. The van der Waals surface area contributed by atoms with Crippen LogP contribution in [0.4, 0.5) is 5.69 Å².